The van der Waals surface area contributed by atoms with Crippen molar-refractivity contribution in [2.75, 3.05) is 0 Å². The minimum atomic E-state index is 0.658. The summed E-state index contributed by atoms with van der Waals surface area (Å²) in [6.45, 7) is 5.73. The average molecular weight is 268 g/mol. The number of hydrogen-bond donors (Lipinski definition) is 1. The number of nitrogens with one attached hydrogen (secondary N) is 1. The third-order valence-corrected chi connectivity index (χ3v) is 5.00. The molecule has 1 N–H and O–H groups in total. The normalized spacial score (nSPS) is 26.8. The molecule has 0 amide bonds. The molecule has 1 fully saturated rings. The van der Waals surface area contributed by atoms with Gasteiger partial charge in [-0.2, -0.15) is 0 Å². The molecular formula is C18H24N2. The van der Waals surface area contributed by atoms with Crippen molar-refractivity contribution in [3.63, 3.8) is 0 Å². The van der Waals surface area contributed by atoms with Crippen molar-refractivity contribution in [3.8, 4) is 0 Å². The molecule has 2 aromatic rings. The molecule has 106 valence electrons. The lowest BCUT2D eigenvalue weighted by Crippen LogP contribution is -2.40. The van der Waals surface area contributed by atoms with E-state index < -0.39 is 0 Å². The number of rotatable bonds is 3. The summed E-state index contributed by atoms with van der Waals surface area (Å²) in [6, 6.07) is 11.2. The molecule has 1 aliphatic carbocycles. The second kappa shape index (κ2) is 5.92. The summed E-state index contributed by atoms with van der Waals surface area (Å²) in [7, 11) is 0. The van der Waals surface area contributed by atoms with Crippen molar-refractivity contribution >= 4 is 10.9 Å². The first-order valence-corrected chi connectivity index (χ1v) is 7.81. The van der Waals surface area contributed by atoms with Gasteiger partial charge in [0.2, 0.25) is 0 Å². The zero-order valence-electron chi connectivity index (χ0n) is 12.5. The zero-order chi connectivity index (χ0) is 13.9. The van der Waals surface area contributed by atoms with Gasteiger partial charge in [-0.05, 0) is 36.0 Å². The monoisotopic (exact) mass is 268 g/mol. The Kier molecular flexibility index (Phi) is 4.02. The highest BCUT2D eigenvalue weighted by Crippen LogP contribution is 2.29. The van der Waals surface area contributed by atoms with Crippen LogP contribution in [-0.2, 0) is 6.54 Å². The third kappa shape index (κ3) is 2.71. The average Bonchev–Trinajstić information content (AvgIpc) is 2.49. The van der Waals surface area contributed by atoms with E-state index in [1.165, 1.54) is 30.2 Å². The van der Waals surface area contributed by atoms with Gasteiger partial charge >= 0.3 is 0 Å². The Morgan fingerprint density at radius 1 is 1.15 bits per heavy atom. The maximum absolute atomic E-state index is 4.44. The van der Waals surface area contributed by atoms with Gasteiger partial charge in [0.05, 0.1) is 5.52 Å². The molecule has 3 rings (SSSR count). The topological polar surface area (TPSA) is 24.9 Å². The van der Waals surface area contributed by atoms with E-state index in [1.54, 1.807) is 0 Å². The smallest absolute Gasteiger partial charge is 0.0705 e. The summed E-state index contributed by atoms with van der Waals surface area (Å²) in [6.07, 6.45) is 5.98. The highest BCUT2D eigenvalue weighted by molar-refractivity contribution is 5.81. The van der Waals surface area contributed by atoms with Gasteiger partial charge in [-0.1, -0.05) is 44.9 Å². The minimum Gasteiger partial charge on any atom is -0.310 e. The number of hydrogen-bond acceptors (Lipinski definition) is 2. The summed E-state index contributed by atoms with van der Waals surface area (Å²) in [5, 5.41) is 5.06. The van der Waals surface area contributed by atoms with E-state index in [1.807, 2.05) is 6.20 Å². The lowest BCUT2D eigenvalue weighted by molar-refractivity contribution is 0.206. The molecule has 0 aliphatic heterocycles. The quantitative estimate of drug-likeness (QED) is 0.904. The Morgan fingerprint density at radius 2 is 2.00 bits per heavy atom. The summed E-state index contributed by atoms with van der Waals surface area (Å²) < 4.78 is 0. The Hall–Kier alpha value is -1.41. The summed E-state index contributed by atoms with van der Waals surface area (Å²) in [5.74, 6) is 1.62. The molecule has 1 aromatic carbocycles. The van der Waals surface area contributed by atoms with Gasteiger partial charge in [0, 0.05) is 24.2 Å². The lowest BCUT2D eigenvalue weighted by Gasteiger charge is -2.34. The van der Waals surface area contributed by atoms with E-state index in [0.29, 0.717) is 6.04 Å². The molecule has 0 saturated heterocycles. The number of benzene rings is 1. The van der Waals surface area contributed by atoms with Crippen LogP contribution in [-0.4, -0.2) is 11.0 Å². The highest BCUT2D eigenvalue weighted by atomic mass is 14.9. The molecule has 1 aromatic heterocycles. The van der Waals surface area contributed by atoms with Crippen LogP contribution in [0.25, 0.3) is 10.9 Å². The van der Waals surface area contributed by atoms with Crippen LogP contribution in [0.2, 0.25) is 0 Å². The standard InChI is InChI=1S/C18H24N2/c1-13-6-5-9-17(14(13)2)20-12-15-10-11-19-18-8-4-3-7-16(15)18/h3-4,7-8,10-11,13-14,17,20H,5-6,9,12H2,1-2H3. The largest absolute Gasteiger partial charge is 0.310 e. The first-order valence-electron chi connectivity index (χ1n) is 7.81. The fourth-order valence-corrected chi connectivity index (χ4v) is 3.42. The van der Waals surface area contributed by atoms with E-state index in [4.69, 9.17) is 0 Å². The van der Waals surface area contributed by atoms with E-state index in [2.05, 4.69) is 54.5 Å². The van der Waals surface area contributed by atoms with Crippen LogP contribution in [0.4, 0.5) is 0 Å². The van der Waals surface area contributed by atoms with Crippen LogP contribution in [0.15, 0.2) is 36.5 Å². The number of pyridine rings is 1. The third-order valence-electron chi connectivity index (χ3n) is 5.00. The van der Waals surface area contributed by atoms with Gasteiger partial charge in [-0.15, -0.1) is 0 Å². The Bertz CT molecular complexity index is 573. The number of fused-ring (bicyclic) bond motifs is 1. The molecule has 0 radical (unpaired) electrons. The fraction of sp³-hybridized carbons (Fsp3) is 0.500. The second-order valence-electron chi connectivity index (χ2n) is 6.24. The maximum atomic E-state index is 4.44. The SMILES string of the molecule is CC1CCCC(NCc2ccnc3ccccc23)C1C. The second-order valence-corrected chi connectivity index (χ2v) is 6.24. The molecule has 2 nitrogen and oxygen atoms in total. The molecule has 0 spiro atoms. The van der Waals surface area contributed by atoms with Gasteiger partial charge in [0.25, 0.3) is 0 Å². The zero-order valence-corrected chi connectivity index (χ0v) is 12.5. The van der Waals surface area contributed by atoms with Crippen LogP contribution < -0.4 is 5.32 Å². The number of aromatic nitrogens is 1. The fourth-order valence-electron chi connectivity index (χ4n) is 3.42. The van der Waals surface area contributed by atoms with Crippen LogP contribution in [0.1, 0.15) is 38.7 Å². The van der Waals surface area contributed by atoms with E-state index in [0.717, 1.165) is 23.9 Å². The van der Waals surface area contributed by atoms with Crippen molar-refractivity contribution in [1.29, 1.82) is 0 Å². The molecule has 2 heteroatoms. The van der Waals surface area contributed by atoms with Crippen LogP contribution in [0.5, 0.6) is 0 Å². The van der Waals surface area contributed by atoms with Gasteiger partial charge in [-0.3, -0.25) is 4.98 Å². The van der Waals surface area contributed by atoms with Crippen LogP contribution >= 0.6 is 0 Å². The summed E-state index contributed by atoms with van der Waals surface area (Å²) >= 11 is 0. The molecule has 1 aliphatic rings. The molecule has 3 unspecified atom stereocenters. The van der Waals surface area contributed by atoms with Crippen LogP contribution in [0, 0.1) is 11.8 Å². The van der Waals surface area contributed by atoms with Gasteiger partial charge in [0.15, 0.2) is 0 Å². The Balaban J connectivity index is 1.74. The summed E-state index contributed by atoms with van der Waals surface area (Å²) in [5.41, 5.74) is 2.46. The Labute approximate surface area is 121 Å². The molecule has 3 atom stereocenters. The molecule has 1 heterocycles. The molecule has 1 saturated carbocycles. The van der Waals surface area contributed by atoms with Crippen molar-refractivity contribution < 1.29 is 0 Å². The predicted octanol–water partition coefficient (Wildman–Crippen LogP) is 4.15. The van der Waals surface area contributed by atoms with E-state index in [-0.39, 0.29) is 0 Å². The minimum absolute atomic E-state index is 0.658. The number of nitrogens with zero attached hydrogens (tertiary/aromatic N) is 1. The molecule has 20 heavy (non-hydrogen) atoms. The molecular weight excluding hydrogens is 244 g/mol. The van der Waals surface area contributed by atoms with Crippen molar-refractivity contribution in [2.24, 2.45) is 11.8 Å². The van der Waals surface area contributed by atoms with Crippen molar-refractivity contribution in [2.45, 2.75) is 45.7 Å². The predicted molar refractivity (Wildman–Crippen MR) is 84.5 cm³/mol. The lowest BCUT2D eigenvalue weighted by atomic mass is 9.78. The maximum Gasteiger partial charge on any atom is 0.0705 e. The van der Waals surface area contributed by atoms with Crippen molar-refractivity contribution in [3.05, 3.63) is 42.1 Å². The Morgan fingerprint density at radius 3 is 2.90 bits per heavy atom. The van der Waals surface area contributed by atoms with Crippen molar-refractivity contribution in [1.82, 2.24) is 10.3 Å². The first-order chi connectivity index (χ1) is 9.75. The van der Waals surface area contributed by atoms with E-state index >= 15 is 0 Å². The number of para-hydroxylation sites is 1. The first kappa shape index (κ1) is 13.6. The molecule has 0 bridgehead atoms. The van der Waals surface area contributed by atoms with Gasteiger partial charge < -0.3 is 5.32 Å². The van der Waals surface area contributed by atoms with Gasteiger partial charge in [-0.25, -0.2) is 0 Å². The highest BCUT2D eigenvalue weighted by Gasteiger charge is 2.26. The summed E-state index contributed by atoms with van der Waals surface area (Å²) in [4.78, 5) is 4.44. The van der Waals surface area contributed by atoms with Crippen LogP contribution in [0.3, 0.4) is 0 Å². The van der Waals surface area contributed by atoms with E-state index in [9.17, 15) is 0 Å². The van der Waals surface area contributed by atoms with Gasteiger partial charge in [0.1, 0.15) is 0 Å².